The Bertz CT molecular complexity index is 1070. The summed E-state index contributed by atoms with van der Waals surface area (Å²) in [6.07, 6.45) is 6.27. The summed E-state index contributed by atoms with van der Waals surface area (Å²) >= 11 is 7.32. The molecule has 2 amide bonds. The zero-order valence-corrected chi connectivity index (χ0v) is 19.7. The molecule has 0 spiro atoms. The Labute approximate surface area is 198 Å². The zero-order chi connectivity index (χ0) is 22.7. The van der Waals surface area contributed by atoms with E-state index in [1.54, 1.807) is 24.3 Å². The van der Waals surface area contributed by atoms with Crippen LogP contribution in [0.2, 0.25) is 5.02 Å². The van der Waals surface area contributed by atoms with E-state index >= 15 is 0 Å². The average Bonchev–Trinajstić information content (AvgIpc) is 3.16. The van der Waals surface area contributed by atoms with E-state index in [1.807, 2.05) is 31.1 Å². The predicted molar refractivity (Wildman–Crippen MR) is 132 cm³/mol. The Balaban J connectivity index is 1.54. The van der Waals surface area contributed by atoms with Crippen LogP contribution in [0.1, 0.15) is 21.5 Å². The third-order valence-electron chi connectivity index (χ3n) is 5.54. The number of nitrogens with zero attached hydrogens (tertiary/aromatic N) is 2. The van der Waals surface area contributed by atoms with Gasteiger partial charge in [0.15, 0.2) is 0 Å². The van der Waals surface area contributed by atoms with E-state index in [2.05, 4.69) is 40.6 Å². The fourth-order valence-corrected chi connectivity index (χ4v) is 4.89. The van der Waals surface area contributed by atoms with E-state index in [0.29, 0.717) is 23.7 Å². The first-order valence-electron chi connectivity index (χ1n) is 10.5. The third kappa shape index (κ3) is 5.44. The van der Waals surface area contributed by atoms with Crippen LogP contribution < -0.4 is 5.32 Å². The molecule has 2 aliphatic rings. The van der Waals surface area contributed by atoms with Crippen LogP contribution in [0.25, 0.3) is 5.57 Å². The van der Waals surface area contributed by atoms with Crippen molar-refractivity contribution in [2.24, 2.45) is 0 Å². The summed E-state index contributed by atoms with van der Waals surface area (Å²) in [6, 6.07) is 15.4. The second-order valence-corrected chi connectivity index (χ2v) is 9.85. The van der Waals surface area contributed by atoms with E-state index < -0.39 is 0 Å². The molecule has 0 saturated carbocycles. The lowest BCUT2D eigenvalue weighted by atomic mass is 9.95. The summed E-state index contributed by atoms with van der Waals surface area (Å²) in [5.74, 6) is -0.0134. The molecule has 4 rings (SSSR count). The lowest BCUT2D eigenvalue weighted by molar-refractivity contribution is 0.0732. The topological polar surface area (TPSA) is 52.6 Å². The van der Waals surface area contributed by atoms with Crippen LogP contribution in [0.5, 0.6) is 0 Å². The van der Waals surface area contributed by atoms with Crippen LogP contribution in [0, 0.1) is 0 Å². The third-order valence-corrected chi connectivity index (χ3v) is 6.82. The molecule has 166 valence electrons. The van der Waals surface area contributed by atoms with Crippen molar-refractivity contribution in [2.75, 3.05) is 27.2 Å². The number of likely N-dealkylation sites (N-methyl/N-ethyl adjacent to an activating group) is 1. The van der Waals surface area contributed by atoms with Crippen molar-refractivity contribution in [1.29, 1.82) is 0 Å². The van der Waals surface area contributed by atoms with Crippen molar-refractivity contribution in [2.45, 2.75) is 17.8 Å². The van der Waals surface area contributed by atoms with E-state index in [0.717, 1.165) is 23.2 Å². The van der Waals surface area contributed by atoms with Crippen molar-refractivity contribution in [3.05, 3.63) is 88.5 Å². The summed E-state index contributed by atoms with van der Waals surface area (Å²) in [6.45, 7) is 1.91. The van der Waals surface area contributed by atoms with Crippen LogP contribution in [-0.2, 0) is 6.54 Å². The molecule has 0 bridgehead atoms. The highest BCUT2D eigenvalue weighted by molar-refractivity contribution is 8.14. The van der Waals surface area contributed by atoms with Crippen LogP contribution in [-0.4, -0.2) is 59.4 Å². The number of carbonyl (C=O) groups excluding carboxylic acids is 2. The Morgan fingerprint density at radius 2 is 1.91 bits per heavy atom. The van der Waals surface area contributed by atoms with Gasteiger partial charge in [0, 0.05) is 30.2 Å². The monoisotopic (exact) mass is 467 g/mol. The molecule has 1 aliphatic carbocycles. The number of amides is 2. The van der Waals surface area contributed by atoms with E-state index in [9.17, 15) is 9.59 Å². The van der Waals surface area contributed by atoms with Crippen LogP contribution >= 0.6 is 23.4 Å². The van der Waals surface area contributed by atoms with Crippen LogP contribution in [0.4, 0.5) is 4.79 Å². The number of hydrogen-bond donors (Lipinski definition) is 1. The van der Waals surface area contributed by atoms with Crippen molar-refractivity contribution >= 4 is 40.1 Å². The molecule has 1 fully saturated rings. The second-order valence-electron chi connectivity index (χ2n) is 8.26. The van der Waals surface area contributed by atoms with Gasteiger partial charge >= 0.3 is 0 Å². The molecule has 1 aliphatic heterocycles. The number of nitrogens with one attached hydrogen (secondary N) is 1. The molecule has 1 N–H and O–H groups in total. The van der Waals surface area contributed by atoms with Gasteiger partial charge in [0.1, 0.15) is 0 Å². The normalized spacial score (nSPS) is 19.5. The van der Waals surface area contributed by atoms with Gasteiger partial charge in [-0.3, -0.25) is 9.59 Å². The first kappa shape index (κ1) is 22.6. The van der Waals surface area contributed by atoms with Gasteiger partial charge in [0.25, 0.3) is 11.1 Å². The molecule has 1 heterocycles. The maximum Gasteiger partial charge on any atom is 0.280 e. The largest absolute Gasteiger partial charge is 0.339 e. The molecule has 0 radical (unpaired) electrons. The summed E-state index contributed by atoms with van der Waals surface area (Å²) in [5.41, 5.74) is 3.88. The number of thioether (sulfide) groups is 1. The molecule has 32 heavy (non-hydrogen) atoms. The quantitative estimate of drug-likeness (QED) is 0.641. The van der Waals surface area contributed by atoms with Gasteiger partial charge in [-0.1, -0.05) is 59.8 Å². The predicted octanol–water partition coefficient (Wildman–Crippen LogP) is 4.69. The summed E-state index contributed by atoms with van der Waals surface area (Å²) in [7, 11) is 4.00. The summed E-state index contributed by atoms with van der Waals surface area (Å²) in [5, 5.41) is 3.71. The number of carbonyl (C=O) groups is 2. The lowest BCUT2D eigenvalue weighted by Crippen LogP contribution is -2.36. The van der Waals surface area contributed by atoms with Crippen molar-refractivity contribution in [3.8, 4) is 0 Å². The van der Waals surface area contributed by atoms with Crippen molar-refractivity contribution in [1.82, 2.24) is 15.1 Å². The van der Waals surface area contributed by atoms with Crippen molar-refractivity contribution < 1.29 is 9.59 Å². The Morgan fingerprint density at radius 3 is 2.66 bits per heavy atom. The van der Waals surface area contributed by atoms with Crippen LogP contribution in [0.3, 0.4) is 0 Å². The van der Waals surface area contributed by atoms with E-state index in [-0.39, 0.29) is 22.4 Å². The average molecular weight is 468 g/mol. The first-order chi connectivity index (χ1) is 15.4. The summed E-state index contributed by atoms with van der Waals surface area (Å²) in [4.78, 5) is 28.8. The molecule has 0 aromatic heterocycles. The second kappa shape index (κ2) is 9.94. The number of halogens is 1. The fraction of sp³-hybridized carbons (Fsp3) is 0.280. The van der Waals surface area contributed by atoms with Gasteiger partial charge in [-0.25, -0.2) is 0 Å². The highest BCUT2D eigenvalue weighted by Gasteiger charge is 2.32. The number of benzene rings is 2. The van der Waals surface area contributed by atoms with E-state index in [1.165, 1.54) is 11.8 Å². The fourth-order valence-electron chi connectivity index (χ4n) is 3.79. The minimum Gasteiger partial charge on any atom is -0.339 e. The van der Waals surface area contributed by atoms with Gasteiger partial charge < -0.3 is 15.1 Å². The molecule has 1 saturated heterocycles. The molecular formula is C25H26ClN3O2S. The summed E-state index contributed by atoms with van der Waals surface area (Å²) < 4.78 is 0. The minimum absolute atomic E-state index is 0.0134. The zero-order valence-electron chi connectivity index (χ0n) is 18.1. The van der Waals surface area contributed by atoms with Gasteiger partial charge in [0.05, 0.1) is 11.3 Å². The molecule has 7 heteroatoms. The number of hydrogen-bond acceptors (Lipinski definition) is 4. The highest BCUT2D eigenvalue weighted by atomic mass is 35.5. The number of fused-ring (bicyclic) bond motifs is 1. The maximum atomic E-state index is 13.2. The Kier molecular flexibility index (Phi) is 7.04. The minimum atomic E-state index is -0.0134. The lowest BCUT2D eigenvalue weighted by Gasteiger charge is -2.25. The first-order valence-corrected chi connectivity index (χ1v) is 11.8. The molecular weight excluding hydrogens is 442 g/mol. The number of rotatable bonds is 7. The van der Waals surface area contributed by atoms with Gasteiger partial charge in [0.2, 0.25) is 0 Å². The molecule has 2 aromatic rings. The van der Waals surface area contributed by atoms with E-state index in [4.69, 9.17) is 11.6 Å². The van der Waals surface area contributed by atoms with Crippen LogP contribution in [0.15, 0.2) is 66.8 Å². The van der Waals surface area contributed by atoms with Gasteiger partial charge in [-0.15, -0.1) is 0 Å². The molecule has 2 unspecified atom stereocenters. The maximum absolute atomic E-state index is 13.2. The molecule has 5 nitrogen and oxygen atoms in total. The molecule has 2 atom stereocenters. The van der Waals surface area contributed by atoms with Crippen molar-refractivity contribution in [3.63, 3.8) is 0 Å². The SMILES string of the molecule is CN(C)CCN(Cc1cccc(C2=CC3SC(=O)NC3C=C2)c1)C(=O)c1ccc(Cl)cc1. The van der Waals surface area contributed by atoms with Gasteiger partial charge in [-0.2, -0.15) is 0 Å². The molecule has 2 aromatic carbocycles. The van der Waals surface area contributed by atoms with Gasteiger partial charge in [-0.05, 0) is 61.1 Å². The Morgan fingerprint density at radius 1 is 1.12 bits per heavy atom. The Hall–Kier alpha value is -2.54. The number of allylic oxidation sites excluding steroid dienone is 2. The smallest absolute Gasteiger partial charge is 0.280 e. The highest BCUT2D eigenvalue weighted by Crippen LogP contribution is 2.33. The standard InChI is InChI=1S/C25H26ClN3O2S/c1-28(2)12-13-29(24(30)18-6-9-21(26)10-7-18)16-17-4-3-5-19(14-17)20-8-11-22-23(15-20)32-25(31)27-22/h3-11,14-15,22-23H,12-13,16H2,1-2H3,(H,27,31).